The van der Waals surface area contributed by atoms with E-state index in [1.54, 1.807) is 0 Å². The van der Waals surface area contributed by atoms with Crippen LogP contribution in [-0.2, 0) is 27.9 Å². The quantitative estimate of drug-likeness (QED) is 0.0313. The smallest absolute Gasteiger partial charge is 0.457 e. The number of unbranched alkanes of at least 4 members (excludes halogenated alkanes) is 31. The number of aliphatic hydroxyl groups excluding tert-OH is 2. The first kappa shape index (κ1) is 53.5. The third kappa shape index (κ3) is 41.1. The predicted molar refractivity (Wildman–Crippen MR) is 224 cm³/mol. The van der Waals surface area contributed by atoms with Gasteiger partial charge in [-0.2, -0.15) is 0 Å². The van der Waals surface area contributed by atoms with E-state index in [2.05, 4.69) is 13.8 Å². The molecule has 0 aromatic carbocycles. The number of aliphatic hydroxyl groups is 2. The molecule has 0 saturated carbocycles. The Morgan fingerprint density at radius 3 is 1.20 bits per heavy atom. The molecule has 0 rings (SSSR count). The van der Waals surface area contributed by atoms with Crippen LogP contribution in [0.3, 0.4) is 0 Å². The molecule has 0 fully saturated rings. The summed E-state index contributed by atoms with van der Waals surface area (Å²) in [6.07, 6.45) is 40.6. The highest BCUT2D eigenvalue weighted by molar-refractivity contribution is 7.47. The normalized spacial score (nSPS) is 13.9. The first-order valence-electron chi connectivity index (χ1n) is 23.0. The van der Waals surface area contributed by atoms with Gasteiger partial charge in [-0.3, -0.25) is 13.8 Å². The van der Waals surface area contributed by atoms with E-state index in [9.17, 15) is 19.4 Å². The molecular weight excluding hydrogens is 703 g/mol. The van der Waals surface area contributed by atoms with Crippen LogP contribution in [0.25, 0.3) is 0 Å². The van der Waals surface area contributed by atoms with E-state index in [0.717, 1.165) is 32.1 Å². The number of hydrogen-bond acceptors (Lipinski definition) is 8. The van der Waals surface area contributed by atoms with Crippen LogP contribution in [0.1, 0.15) is 232 Å². The topological polar surface area (TPSA) is 132 Å². The van der Waals surface area contributed by atoms with Crippen LogP contribution in [-0.4, -0.2) is 66.3 Å². The highest BCUT2D eigenvalue weighted by Crippen LogP contribution is 2.43. The first-order chi connectivity index (χ1) is 26.3. The number of ether oxygens (including phenoxy) is 2. The van der Waals surface area contributed by atoms with Crippen molar-refractivity contribution in [3.8, 4) is 0 Å². The largest absolute Gasteiger partial charge is 0.472 e. The number of carbonyl (C=O) groups excluding carboxylic acids is 1. The average molecular weight is 793 g/mol. The van der Waals surface area contributed by atoms with Gasteiger partial charge in [0, 0.05) is 13.0 Å². The third-order valence-corrected chi connectivity index (χ3v) is 11.2. The minimum absolute atomic E-state index is 0.0583. The van der Waals surface area contributed by atoms with Gasteiger partial charge in [-0.15, -0.1) is 0 Å². The van der Waals surface area contributed by atoms with Crippen molar-refractivity contribution in [2.45, 2.75) is 244 Å². The van der Waals surface area contributed by atoms with E-state index in [1.165, 1.54) is 180 Å². The van der Waals surface area contributed by atoms with E-state index < -0.39 is 33.2 Å². The lowest BCUT2D eigenvalue weighted by Gasteiger charge is -2.20. The fourth-order valence-electron chi connectivity index (χ4n) is 6.77. The molecule has 0 aliphatic heterocycles. The Balaban J connectivity index is 4.04. The summed E-state index contributed by atoms with van der Waals surface area (Å²) in [6.45, 7) is 3.58. The molecule has 0 aliphatic rings. The number of esters is 1. The van der Waals surface area contributed by atoms with Crippen LogP contribution in [0.4, 0.5) is 0 Å². The molecule has 0 heterocycles. The van der Waals surface area contributed by atoms with Crippen molar-refractivity contribution in [1.29, 1.82) is 0 Å². The molecule has 3 atom stereocenters. The summed E-state index contributed by atoms with van der Waals surface area (Å²) in [4.78, 5) is 22.6. The van der Waals surface area contributed by atoms with Crippen molar-refractivity contribution in [2.24, 2.45) is 0 Å². The van der Waals surface area contributed by atoms with Crippen LogP contribution in [0.2, 0.25) is 0 Å². The van der Waals surface area contributed by atoms with Gasteiger partial charge < -0.3 is 24.6 Å². The van der Waals surface area contributed by atoms with Crippen LogP contribution >= 0.6 is 7.82 Å². The van der Waals surface area contributed by atoms with Crippen molar-refractivity contribution >= 4 is 13.8 Å². The van der Waals surface area contributed by atoms with Crippen LogP contribution < -0.4 is 0 Å². The molecule has 3 N–H and O–H groups in total. The van der Waals surface area contributed by atoms with Gasteiger partial charge in [0.2, 0.25) is 0 Å². The molecule has 1 unspecified atom stereocenters. The second-order valence-electron chi connectivity index (χ2n) is 15.8. The maximum atomic E-state index is 12.6. The second-order valence-corrected chi connectivity index (χ2v) is 17.2. The molecule has 9 nitrogen and oxygen atoms in total. The molecule has 324 valence electrons. The Kier molecular flexibility index (Phi) is 41.7. The van der Waals surface area contributed by atoms with Gasteiger partial charge in [0.1, 0.15) is 12.2 Å². The molecule has 0 aromatic rings. The molecule has 0 aliphatic carbocycles. The number of phosphoric acid groups is 1. The van der Waals surface area contributed by atoms with Gasteiger partial charge in [0.25, 0.3) is 0 Å². The zero-order chi connectivity index (χ0) is 39.6. The van der Waals surface area contributed by atoms with Gasteiger partial charge in [-0.05, 0) is 12.8 Å². The van der Waals surface area contributed by atoms with Crippen LogP contribution in [0, 0.1) is 0 Å². The Bertz CT molecular complexity index is 815. The van der Waals surface area contributed by atoms with Crippen molar-refractivity contribution in [1.82, 2.24) is 0 Å². The summed E-state index contributed by atoms with van der Waals surface area (Å²) in [5, 5.41) is 18.3. The summed E-state index contributed by atoms with van der Waals surface area (Å²) in [5.74, 6) is -0.376. The summed E-state index contributed by atoms with van der Waals surface area (Å²) in [6, 6.07) is 0. The molecule has 54 heavy (non-hydrogen) atoms. The van der Waals surface area contributed by atoms with Crippen molar-refractivity contribution in [2.75, 3.05) is 33.0 Å². The maximum Gasteiger partial charge on any atom is 0.472 e. The van der Waals surface area contributed by atoms with E-state index in [4.69, 9.17) is 23.6 Å². The Labute approximate surface area is 333 Å². The Morgan fingerprint density at radius 1 is 0.500 bits per heavy atom. The number of hydrogen-bond donors (Lipinski definition) is 3. The molecule has 0 amide bonds. The molecule has 0 saturated heterocycles. The Morgan fingerprint density at radius 2 is 0.833 bits per heavy atom. The summed E-state index contributed by atoms with van der Waals surface area (Å²) < 4.78 is 33.4. The molecule has 0 bridgehead atoms. The molecule has 0 spiro atoms. The second kappa shape index (κ2) is 42.1. The lowest BCUT2D eigenvalue weighted by atomic mass is 10.0. The monoisotopic (exact) mass is 793 g/mol. The van der Waals surface area contributed by atoms with Gasteiger partial charge in [0.15, 0.2) is 0 Å². The van der Waals surface area contributed by atoms with Gasteiger partial charge in [0.05, 0.1) is 26.4 Å². The standard InChI is InChI=1S/C44H89O9P/c1-3-5-7-9-11-13-15-17-18-19-20-21-22-23-25-27-29-31-33-35-37-50-40-43(41-52-54(48,49)51-39-42(46)38-45)53-44(47)36-34-32-30-28-26-24-16-14-12-10-8-6-4-2/h42-43,45-46H,3-41H2,1-2H3,(H,48,49)/t42-,43+/m0/s1. The highest BCUT2D eigenvalue weighted by atomic mass is 31.2. The SMILES string of the molecule is CCCCCCCCCCCCCCCCCCCCCCOC[C@H](COP(=O)(O)OC[C@@H](O)CO)OC(=O)CCCCCCCCCCCCCCC. The molecular formula is C44H89O9P. The zero-order valence-corrected chi connectivity index (χ0v) is 36.4. The molecule has 10 heteroatoms. The summed E-state index contributed by atoms with van der Waals surface area (Å²) >= 11 is 0. The third-order valence-electron chi connectivity index (χ3n) is 10.3. The first-order valence-corrected chi connectivity index (χ1v) is 24.5. The molecule has 0 radical (unpaired) electrons. The average Bonchev–Trinajstić information content (AvgIpc) is 3.16. The minimum Gasteiger partial charge on any atom is -0.457 e. The van der Waals surface area contributed by atoms with E-state index >= 15 is 0 Å². The van der Waals surface area contributed by atoms with E-state index in [1.807, 2.05) is 0 Å². The van der Waals surface area contributed by atoms with Gasteiger partial charge in [-0.25, -0.2) is 4.57 Å². The van der Waals surface area contributed by atoms with Crippen LogP contribution in [0.15, 0.2) is 0 Å². The van der Waals surface area contributed by atoms with Crippen molar-refractivity contribution in [3.05, 3.63) is 0 Å². The van der Waals surface area contributed by atoms with E-state index in [-0.39, 0.29) is 25.6 Å². The van der Waals surface area contributed by atoms with Gasteiger partial charge in [-0.1, -0.05) is 213 Å². The highest BCUT2D eigenvalue weighted by Gasteiger charge is 2.26. The van der Waals surface area contributed by atoms with Crippen molar-refractivity contribution < 1.29 is 43.0 Å². The predicted octanol–water partition coefficient (Wildman–Crippen LogP) is 12.7. The fourth-order valence-corrected chi connectivity index (χ4v) is 7.56. The number of rotatable bonds is 45. The van der Waals surface area contributed by atoms with Gasteiger partial charge >= 0.3 is 13.8 Å². The van der Waals surface area contributed by atoms with E-state index in [0.29, 0.717) is 6.61 Å². The fraction of sp³-hybridized carbons (Fsp3) is 0.977. The molecule has 0 aromatic heterocycles. The Hall–Kier alpha value is -0.540. The zero-order valence-electron chi connectivity index (χ0n) is 35.5. The van der Waals surface area contributed by atoms with Crippen molar-refractivity contribution in [3.63, 3.8) is 0 Å². The summed E-state index contributed by atoms with van der Waals surface area (Å²) in [5.41, 5.74) is 0. The lowest BCUT2D eigenvalue weighted by Crippen LogP contribution is -2.29. The van der Waals surface area contributed by atoms with Crippen LogP contribution in [0.5, 0.6) is 0 Å². The minimum atomic E-state index is -4.51. The lowest BCUT2D eigenvalue weighted by molar-refractivity contribution is -0.154. The number of carbonyl (C=O) groups is 1. The maximum absolute atomic E-state index is 12.6. The summed E-state index contributed by atoms with van der Waals surface area (Å²) in [7, 11) is -4.51. The number of phosphoric ester groups is 1.